The number of thiocarbonyl (C=S) groups is 1. The molecule has 0 spiro atoms. The van der Waals surface area contributed by atoms with E-state index in [2.05, 4.69) is 19.1 Å². The van der Waals surface area contributed by atoms with Gasteiger partial charge in [-0.05, 0) is 6.92 Å². The van der Waals surface area contributed by atoms with Crippen molar-refractivity contribution in [2.75, 3.05) is 0 Å². The molecule has 0 N–H and O–H groups in total. The van der Waals surface area contributed by atoms with Gasteiger partial charge in [0.2, 0.25) is 0 Å². The van der Waals surface area contributed by atoms with Crippen LogP contribution in [-0.4, -0.2) is 23.9 Å². The molecule has 0 aromatic heterocycles. The molecule has 1 nitrogen and oxygen atoms in total. The van der Waals surface area contributed by atoms with Gasteiger partial charge in [-0.15, -0.1) is 12.2 Å². The molecule has 0 bridgehead atoms. The molecule has 0 saturated heterocycles. The molecule has 0 aliphatic rings. The summed E-state index contributed by atoms with van der Waals surface area (Å²) in [6.45, 7) is 2.81. The van der Waals surface area contributed by atoms with Gasteiger partial charge in [0.1, 0.15) is 0 Å². The maximum atomic E-state index is 9.15. The van der Waals surface area contributed by atoms with Crippen LogP contribution in [0.4, 0.5) is 0 Å². The Kier molecular flexibility index (Phi) is 24.7. The first-order chi connectivity index (χ1) is 1.73. The van der Waals surface area contributed by atoms with Gasteiger partial charge in [0.25, 0.3) is 0 Å². The van der Waals surface area contributed by atoms with Crippen LogP contribution in [0.25, 0.3) is 0 Å². The fourth-order valence-electron chi connectivity index (χ4n) is 0. The third-order valence-corrected chi connectivity index (χ3v) is 0. The number of rotatable bonds is 0. The predicted octanol–water partition coefficient (Wildman–Crippen LogP) is -3.87. The summed E-state index contributed by atoms with van der Waals surface area (Å²) >= 11 is 3.87. The van der Waals surface area contributed by atoms with E-state index >= 15 is 0 Å². The van der Waals surface area contributed by atoms with Crippen molar-refractivity contribution in [3.63, 3.8) is 0 Å². The Morgan fingerprint density at radius 2 is 1.67 bits per heavy atom. The molecule has 0 amide bonds. The molecule has 0 aromatic carbocycles. The summed E-state index contributed by atoms with van der Waals surface area (Å²) in [6, 6.07) is 0. The Morgan fingerprint density at radius 1 is 1.67 bits per heavy atom. The summed E-state index contributed by atoms with van der Waals surface area (Å²) < 4.78 is 0. The Balaban J connectivity index is -0.0000000450. The van der Waals surface area contributed by atoms with Crippen LogP contribution in [0.15, 0.2) is 0 Å². The topological polar surface area (TPSA) is 23.1 Å². The molecule has 0 saturated carbocycles. The fraction of sp³-hybridized carbons (Fsp3) is 0. The minimum absolute atomic E-state index is 0. The summed E-state index contributed by atoms with van der Waals surface area (Å²) in [5.41, 5.74) is 0. The maximum absolute atomic E-state index is 9.15. The second-order valence-electron chi connectivity index (χ2n) is 0.372. The van der Waals surface area contributed by atoms with Crippen molar-refractivity contribution in [2.24, 2.45) is 0 Å². The van der Waals surface area contributed by atoms with E-state index in [1.807, 2.05) is 0 Å². The first-order valence-electron chi connectivity index (χ1n) is 0.762. The van der Waals surface area contributed by atoms with E-state index in [-0.39, 0.29) is 37.7 Å². The summed E-state index contributed by atoms with van der Waals surface area (Å²) in [5.74, 6) is 0. The van der Waals surface area contributed by atoms with Gasteiger partial charge in [-0.25, -0.2) is 0 Å². The standard InChI is InChI=1S/C2H3OS.2Li/c1-2(3)4;;/h1H2,(H,3,4);;/q;;+1/p-1. The van der Waals surface area contributed by atoms with Gasteiger partial charge < -0.3 is 5.11 Å². The van der Waals surface area contributed by atoms with Crippen molar-refractivity contribution >= 4 is 36.1 Å². The maximum Gasteiger partial charge on any atom is 1.00 e. The van der Waals surface area contributed by atoms with Gasteiger partial charge >= 0.3 is 18.9 Å². The monoisotopic (exact) mass is 88.0 g/mol. The first kappa shape index (κ1) is 15.7. The second kappa shape index (κ2) is 9.43. The molecule has 0 atom stereocenters. The van der Waals surface area contributed by atoms with Gasteiger partial charge in [0, 0.05) is 18.9 Å². The summed E-state index contributed by atoms with van der Waals surface area (Å²) in [7, 11) is 0. The third-order valence-electron chi connectivity index (χ3n) is 0. The van der Waals surface area contributed by atoms with E-state index in [9.17, 15) is 0 Å². The first-order valence-corrected chi connectivity index (χ1v) is 1.17. The van der Waals surface area contributed by atoms with Gasteiger partial charge in [-0.2, -0.15) is 0 Å². The van der Waals surface area contributed by atoms with Gasteiger partial charge in [-0.3, -0.25) is 0 Å². The van der Waals surface area contributed by atoms with Crippen LogP contribution in [0.2, 0.25) is 0 Å². The van der Waals surface area contributed by atoms with Gasteiger partial charge in [-0.1, -0.05) is 5.05 Å². The average Bonchev–Trinajstić information content (AvgIpc) is 0.811. The van der Waals surface area contributed by atoms with Crippen LogP contribution < -0.4 is 24.0 Å². The number of hydrogen-bond donors (Lipinski definition) is 0. The van der Waals surface area contributed by atoms with Crippen LogP contribution in [0.1, 0.15) is 0 Å². The smallest absolute Gasteiger partial charge is 0.867 e. The van der Waals surface area contributed by atoms with Crippen LogP contribution in [0, 0.1) is 6.92 Å². The van der Waals surface area contributed by atoms with Crippen LogP contribution in [0.3, 0.4) is 0 Å². The third kappa shape index (κ3) is 72.1. The van der Waals surface area contributed by atoms with Crippen LogP contribution in [-0.2, 0) is 0 Å². The second-order valence-corrected chi connectivity index (χ2v) is 0.827. The Hall–Kier alpha value is 1.08. The molecule has 0 rings (SSSR count). The zero-order valence-corrected chi connectivity index (χ0v) is 4.84. The van der Waals surface area contributed by atoms with Crippen molar-refractivity contribution < 1.29 is 24.0 Å². The molecule has 0 fully saturated rings. The summed E-state index contributed by atoms with van der Waals surface area (Å²) in [5, 5.41) is 8.65. The molecule has 0 heterocycles. The van der Waals surface area contributed by atoms with E-state index in [0.29, 0.717) is 0 Å². The SMILES string of the molecule is [CH2]C([O-])=S.[Li+].[Li]. The molecular weight excluding hydrogens is 86.0 g/mol. The predicted molar refractivity (Wildman–Crippen MR) is 23.7 cm³/mol. The molecule has 2 radical (unpaired) electrons. The van der Waals surface area contributed by atoms with Crippen molar-refractivity contribution in [1.29, 1.82) is 0 Å². The van der Waals surface area contributed by atoms with E-state index < -0.39 is 5.05 Å². The Morgan fingerprint density at radius 3 is 1.67 bits per heavy atom. The molecule has 24 valence electrons. The van der Waals surface area contributed by atoms with E-state index in [1.165, 1.54) is 0 Å². The van der Waals surface area contributed by atoms with E-state index in [4.69, 9.17) is 5.11 Å². The van der Waals surface area contributed by atoms with E-state index in [1.54, 1.807) is 0 Å². The molecule has 6 heavy (non-hydrogen) atoms. The Labute approximate surface area is 66.9 Å². The molecule has 4 heteroatoms. The van der Waals surface area contributed by atoms with Crippen molar-refractivity contribution in [3.8, 4) is 0 Å². The normalized spacial score (nSPS) is 4.17. The van der Waals surface area contributed by atoms with Gasteiger partial charge in [0.15, 0.2) is 0 Å². The minimum atomic E-state index is -0.500. The van der Waals surface area contributed by atoms with Crippen molar-refractivity contribution in [1.82, 2.24) is 0 Å². The summed E-state index contributed by atoms with van der Waals surface area (Å²) in [4.78, 5) is 0. The summed E-state index contributed by atoms with van der Waals surface area (Å²) in [6.07, 6.45) is 0. The molecule has 0 aromatic rings. The quantitative estimate of drug-likeness (QED) is 0.223. The van der Waals surface area contributed by atoms with Gasteiger partial charge in [0.05, 0.1) is 0 Å². The molecule has 0 unspecified atom stereocenters. The van der Waals surface area contributed by atoms with Crippen LogP contribution in [0.5, 0.6) is 0 Å². The minimum Gasteiger partial charge on any atom is -0.867 e. The van der Waals surface area contributed by atoms with E-state index in [0.717, 1.165) is 0 Å². The molecule has 0 aliphatic heterocycles. The molecular formula is C2H2Li2OS. The molecule has 0 aliphatic carbocycles. The Bertz CT molecular complexity index is 34.5. The average molecular weight is 88.0 g/mol. The van der Waals surface area contributed by atoms with Crippen molar-refractivity contribution in [2.45, 2.75) is 0 Å². The zero-order valence-electron chi connectivity index (χ0n) is 4.02. The fourth-order valence-corrected chi connectivity index (χ4v) is 0. The zero-order chi connectivity index (χ0) is 3.58. The number of hydrogen-bond acceptors (Lipinski definition) is 2. The largest absolute Gasteiger partial charge is 1.00 e. The van der Waals surface area contributed by atoms with Crippen molar-refractivity contribution in [3.05, 3.63) is 6.92 Å². The van der Waals surface area contributed by atoms with Crippen LogP contribution >= 0.6 is 12.2 Å².